The van der Waals surface area contributed by atoms with Crippen LogP contribution in [0.1, 0.15) is 0 Å². The van der Waals surface area contributed by atoms with Crippen molar-refractivity contribution < 1.29 is 17.9 Å². The number of nitrogens with two attached hydrogens (primary N) is 1. The van der Waals surface area contributed by atoms with Crippen LogP contribution in [0.15, 0.2) is 64.9 Å². The summed E-state index contributed by atoms with van der Waals surface area (Å²) in [5, 5.41) is 16.2. The smallest absolute Gasteiger partial charge is 0.238 e. The maximum Gasteiger partial charge on any atom is 0.238 e. The zero-order valence-electron chi connectivity index (χ0n) is 14.8. The Morgan fingerprint density at radius 1 is 1.25 bits per heavy atom. The number of primary sulfonamides is 1. The average molecular weight is 419 g/mol. The number of rotatable bonds is 7. The van der Waals surface area contributed by atoms with Gasteiger partial charge in [-0.2, -0.15) is 0 Å². The van der Waals surface area contributed by atoms with Gasteiger partial charge in [0.2, 0.25) is 15.9 Å². The monoisotopic (exact) mass is 419 g/mol. The summed E-state index contributed by atoms with van der Waals surface area (Å²) < 4.78 is 29.7. The second-order valence-corrected chi connectivity index (χ2v) is 8.10. The SMILES string of the molecule is COc1ccc(-n2cnnc2SCC(=O)Nc2cccc(S(N)(=O)=O)c2)cc1. The van der Waals surface area contributed by atoms with Gasteiger partial charge in [0.1, 0.15) is 12.1 Å². The minimum Gasteiger partial charge on any atom is -0.497 e. The van der Waals surface area contributed by atoms with E-state index in [0.29, 0.717) is 10.8 Å². The molecule has 1 amide bonds. The summed E-state index contributed by atoms with van der Waals surface area (Å²) in [6.45, 7) is 0. The maximum atomic E-state index is 12.2. The summed E-state index contributed by atoms with van der Waals surface area (Å²) >= 11 is 1.20. The number of ether oxygens (including phenoxy) is 1. The van der Waals surface area contributed by atoms with Crippen LogP contribution in [0.3, 0.4) is 0 Å². The van der Waals surface area contributed by atoms with E-state index in [9.17, 15) is 13.2 Å². The largest absolute Gasteiger partial charge is 0.497 e. The molecule has 0 fully saturated rings. The van der Waals surface area contributed by atoms with E-state index in [0.717, 1.165) is 11.4 Å². The van der Waals surface area contributed by atoms with Gasteiger partial charge in [-0.3, -0.25) is 9.36 Å². The maximum absolute atomic E-state index is 12.2. The van der Waals surface area contributed by atoms with Crippen LogP contribution in [-0.2, 0) is 14.8 Å². The molecule has 2 aromatic carbocycles. The summed E-state index contributed by atoms with van der Waals surface area (Å²) in [4.78, 5) is 12.1. The molecule has 0 atom stereocenters. The third-order valence-electron chi connectivity index (χ3n) is 3.65. The number of thioether (sulfide) groups is 1. The van der Waals surface area contributed by atoms with Crippen molar-refractivity contribution in [3.63, 3.8) is 0 Å². The zero-order chi connectivity index (χ0) is 20.1. The molecule has 3 N–H and O–H groups in total. The summed E-state index contributed by atoms with van der Waals surface area (Å²) in [5.74, 6) is 0.474. The average Bonchev–Trinajstić information content (AvgIpc) is 3.14. The van der Waals surface area contributed by atoms with Crippen molar-refractivity contribution in [2.45, 2.75) is 10.1 Å². The number of hydrogen-bond acceptors (Lipinski definition) is 7. The number of nitrogens with one attached hydrogen (secondary N) is 1. The van der Waals surface area contributed by atoms with Crippen molar-refractivity contribution in [1.29, 1.82) is 0 Å². The first kappa shape index (κ1) is 19.9. The van der Waals surface area contributed by atoms with Gasteiger partial charge in [-0.15, -0.1) is 10.2 Å². The third kappa shape index (κ3) is 4.88. The summed E-state index contributed by atoms with van der Waals surface area (Å²) in [6, 6.07) is 13.1. The topological polar surface area (TPSA) is 129 Å². The van der Waals surface area contributed by atoms with Crippen molar-refractivity contribution in [3.05, 3.63) is 54.9 Å². The molecule has 146 valence electrons. The number of amides is 1. The second-order valence-electron chi connectivity index (χ2n) is 5.59. The Hall–Kier alpha value is -2.89. The van der Waals surface area contributed by atoms with Gasteiger partial charge in [-0.25, -0.2) is 13.6 Å². The normalized spacial score (nSPS) is 11.2. The van der Waals surface area contributed by atoms with Gasteiger partial charge in [0.05, 0.1) is 17.8 Å². The molecule has 1 heterocycles. The highest BCUT2D eigenvalue weighted by molar-refractivity contribution is 7.99. The Labute approximate surface area is 166 Å². The fourth-order valence-corrected chi connectivity index (χ4v) is 3.61. The molecule has 0 aliphatic heterocycles. The van der Waals surface area contributed by atoms with Gasteiger partial charge in [0.15, 0.2) is 5.16 Å². The molecule has 28 heavy (non-hydrogen) atoms. The quantitative estimate of drug-likeness (QED) is 0.557. The van der Waals surface area contributed by atoms with Gasteiger partial charge >= 0.3 is 0 Å². The number of nitrogens with zero attached hydrogens (tertiary/aromatic N) is 3. The van der Waals surface area contributed by atoms with Crippen LogP contribution in [-0.4, -0.2) is 42.0 Å². The first-order chi connectivity index (χ1) is 13.4. The first-order valence-corrected chi connectivity index (χ1v) is 10.5. The molecule has 0 unspecified atom stereocenters. The lowest BCUT2D eigenvalue weighted by atomic mass is 10.3. The predicted molar refractivity (Wildman–Crippen MR) is 105 cm³/mol. The number of carbonyl (C=O) groups is 1. The van der Waals surface area contributed by atoms with Crippen LogP contribution >= 0.6 is 11.8 Å². The van der Waals surface area contributed by atoms with Crippen molar-refractivity contribution in [1.82, 2.24) is 14.8 Å². The Morgan fingerprint density at radius 2 is 2.00 bits per heavy atom. The Morgan fingerprint density at radius 3 is 2.68 bits per heavy atom. The van der Waals surface area contributed by atoms with E-state index in [1.807, 2.05) is 24.3 Å². The number of benzene rings is 2. The second kappa shape index (κ2) is 8.42. The molecule has 11 heteroatoms. The van der Waals surface area contributed by atoms with E-state index in [1.165, 1.54) is 30.0 Å². The van der Waals surface area contributed by atoms with E-state index in [-0.39, 0.29) is 16.6 Å². The van der Waals surface area contributed by atoms with Crippen molar-refractivity contribution in [2.75, 3.05) is 18.2 Å². The number of aromatic nitrogens is 3. The highest BCUT2D eigenvalue weighted by Crippen LogP contribution is 2.22. The van der Waals surface area contributed by atoms with Gasteiger partial charge in [0, 0.05) is 11.4 Å². The van der Waals surface area contributed by atoms with Crippen LogP contribution < -0.4 is 15.2 Å². The molecule has 0 spiro atoms. The van der Waals surface area contributed by atoms with Crippen LogP contribution in [0.4, 0.5) is 5.69 Å². The van der Waals surface area contributed by atoms with E-state index in [4.69, 9.17) is 9.88 Å². The van der Waals surface area contributed by atoms with Gasteiger partial charge in [-0.1, -0.05) is 17.8 Å². The molecule has 3 rings (SSSR count). The molecule has 0 aliphatic carbocycles. The van der Waals surface area contributed by atoms with Crippen LogP contribution in [0.5, 0.6) is 5.75 Å². The molecular formula is C17H17N5O4S2. The van der Waals surface area contributed by atoms with Crippen LogP contribution in [0.2, 0.25) is 0 Å². The fraction of sp³-hybridized carbons (Fsp3) is 0.118. The van der Waals surface area contributed by atoms with Crippen LogP contribution in [0, 0.1) is 0 Å². The standard InChI is InChI=1S/C17H17N5O4S2/c1-26-14-7-5-13(6-8-14)22-11-19-21-17(22)27-10-16(23)20-12-3-2-4-15(9-12)28(18,24)25/h2-9,11H,10H2,1H3,(H,20,23)(H2,18,24,25). The zero-order valence-corrected chi connectivity index (χ0v) is 16.4. The lowest BCUT2D eigenvalue weighted by Crippen LogP contribution is -2.16. The van der Waals surface area contributed by atoms with Crippen LogP contribution in [0.25, 0.3) is 5.69 Å². The Bertz CT molecular complexity index is 1080. The number of anilines is 1. The molecule has 0 aliphatic rings. The minimum atomic E-state index is -3.84. The number of sulfonamides is 1. The highest BCUT2D eigenvalue weighted by Gasteiger charge is 2.12. The highest BCUT2D eigenvalue weighted by atomic mass is 32.2. The van der Waals surface area contributed by atoms with Crippen molar-refractivity contribution in [3.8, 4) is 11.4 Å². The number of methoxy groups -OCH3 is 1. The lowest BCUT2D eigenvalue weighted by Gasteiger charge is -2.08. The van der Waals surface area contributed by atoms with E-state index in [2.05, 4.69) is 15.5 Å². The Kier molecular flexibility index (Phi) is 5.97. The molecule has 3 aromatic rings. The lowest BCUT2D eigenvalue weighted by molar-refractivity contribution is -0.113. The van der Waals surface area contributed by atoms with Crippen molar-refractivity contribution in [2.24, 2.45) is 5.14 Å². The van der Waals surface area contributed by atoms with Crippen molar-refractivity contribution >= 4 is 33.4 Å². The molecule has 0 radical (unpaired) electrons. The number of carbonyl (C=O) groups excluding carboxylic acids is 1. The minimum absolute atomic E-state index is 0.0639. The van der Waals surface area contributed by atoms with Gasteiger partial charge in [-0.05, 0) is 42.5 Å². The number of hydrogen-bond donors (Lipinski definition) is 2. The molecule has 9 nitrogen and oxygen atoms in total. The van der Waals surface area contributed by atoms with E-state index in [1.54, 1.807) is 24.1 Å². The first-order valence-electron chi connectivity index (χ1n) is 7.97. The molecule has 0 saturated heterocycles. The summed E-state index contributed by atoms with van der Waals surface area (Å²) in [5.41, 5.74) is 1.17. The fourth-order valence-electron chi connectivity index (χ4n) is 2.32. The molecule has 1 aromatic heterocycles. The van der Waals surface area contributed by atoms with E-state index >= 15 is 0 Å². The van der Waals surface area contributed by atoms with Gasteiger partial charge in [0.25, 0.3) is 0 Å². The van der Waals surface area contributed by atoms with Gasteiger partial charge < -0.3 is 10.1 Å². The predicted octanol–water partition coefficient (Wildman–Crippen LogP) is 1.65. The summed E-state index contributed by atoms with van der Waals surface area (Å²) in [7, 11) is -2.25. The molecule has 0 bridgehead atoms. The van der Waals surface area contributed by atoms with E-state index < -0.39 is 10.0 Å². The molecular weight excluding hydrogens is 402 g/mol. The Balaban J connectivity index is 1.65. The third-order valence-corrected chi connectivity index (χ3v) is 5.50. The summed E-state index contributed by atoms with van der Waals surface area (Å²) in [6.07, 6.45) is 1.55. The molecule has 0 saturated carbocycles.